The molecular formula is C23H41O2P. The van der Waals surface area contributed by atoms with Gasteiger partial charge in [0.15, 0.2) is 0 Å². The van der Waals surface area contributed by atoms with Gasteiger partial charge in [0.2, 0.25) is 0 Å². The Balaban J connectivity index is 0.000000577. The van der Waals surface area contributed by atoms with Crippen LogP contribution in [0.5, 0.6) is 0 Å². The molecule has 0 aliphatic carbocycles. The van der Waals surface area contributed by atoms with Crippen molar-refractivity contribution >= 4 is 14.6 Å². The fourth-order valence-corrected chi connectivity index (χ4v) is 4.02. The molecule has 1 aromatic carbocycles. The van der Waals surface area contributed by atoms with Crippen LogP contribution in [0.15, 0.2) is 30.3 Å². The van der Waals surface area contributed by atoms with Crippen LogP contribution < -0.4 is 0 Å². The molecule has 1 aromatic rings. The Kier molecular flexibility index (Phi) is 19.7. The smallest absolute Gasteiger partial charge is 0.335 e. The topological polar surface area (TPSA) is 37.3 Å². The zero-order chi connectivity index (χ0) is 19.3. The first-order valence-electron chi connectivity index (χ1n) is 10.7. The summed E-state index contributed by atoms with van der Waals surface area (Å²) in [5, 5.41) is 8.38. The van der Waals surface area contributed by atoms with Crippen LogP contribution in [0.4, 0.5) is 0 Å². The van der Waals surface area contributed by atoms with E-state index in [1.54, 1.807) is 30.3 Å². The zero-order valence-electron chi connectivity index (χ0n) is 17.1. The molecular weight excluding hydrogens is 339 g/mol. The number of aromatic carboxylic acids is 1. The van der Waals surface area contributed by atoms with Crippen LogP contribution >= 0.6 is 8.58 Å². The Morgan fingerprint density at radius 2 is 1.15 bits per heavy atom. The Labute approximate surface area is 164 Å². The number of hydrogen-bond acceptors (Lipinski definition) is 1. The van der Waals surface area contributed by atoms with Gasteiger partial charge >= 0.3 is 5.97 Å². The summed E-state index contributed by atoms with van der Waals surface area (Å²) in [6, 6.07) is 8.30. The number of carboxylic acids is 1. The Bertz CT molecular complexity index is 392. The van der Waals surface area contributed by atoms with E-state index in [2.05, 4.69) is 13.8 Å². The van der Waals surface area contributed by atoms with Crippen LogP contribution in [0.2, 0.25) is 0 Å². The number of hydrogen-bond donors (Lipinski definition) is 1. The molecule has 0 radical (unpaired) electrons. The van der Waals surface area contributed by atoms with Crippen molar-refractivity contribution in [3.63, 3.8) is 0 Å². The van der Waals surface area contributed by atoms with Gasteiger partial charge in [-0.3, -0.25) is 0 Å². The fraction of sp³-hybridized carbons (Fsp3) is 0.696. The van der Waals surface area contributed by atoms with Crippen molar-refractivity contribution in [2.24, 2.45) is 0 Å². The van der Waals surface area contributed by atoms with Crippen LogP contribution in [-0.4, -0.2) is 23.4 Å². The summed E-state index contributed by atoms with van der Waals surface area (Å²) in [6.07, 6.45) is 20.5. The average molecular weight is 381 g/mol. The quantitative estimate of drug-likeness (QED) is 0.249. The highest BCUT2D eigenvalue weighted by Crippen LogP contribution is 2.17. The second-order valence-corrected chi connectivity index (χ2v) is 8.46. The maximum absolute atomic E-state index is 10.2. The van der Waals surface area contributed by atoms with Crippen LogP contribution in [0.3, 0.4) is 0 Å². The Hall–Kier alpha value is -0.880. The van der Waals surface area contributed by atoms with Gasteiger partial charge in [-0.25, -0.2) is 4.79 Å². The summed E-state index contributed by atoms with van der Waals surface area (Å²) in [7, 11) is 1.26. The molecule has 0 unspecified atom stereocenters. The van der Waals surface area contributed by atoms with Gasteiger partial charge in [-0.1, -0.05) is 96.3 Å². The fourth-order valence-electron chi connectivity index (χ4n) is 2.77. The summed E-state index contributed by atoms with van der Waals surface area (Å²) in [6.45, 7) is 4.59. The third kappa shape index (κ3) is 17.9. The molecule has 150 valence electrons. The highest BCUT2D eigenvalue weighted by Gasteiger charge is 1.96. The lowest BCUT2D eigenvalue weighted by Crippen LogP contribution is -1.93. The van der Waals surface area contributed by atoms with Crippen molar-refractivity contribution in [3.05, 3.63) is 35.9 Å². The van der Waals surface area contributed by atoms with Gasteiger partial charge in [0.05, 0.1) is 5.56 Å². The van der Waals surface area contributed by atoms with Crippen LogP contribution in [0.1, 0.15) is 101 Å². The highest BCUT2D eigenvalue weighted by atomic mass is 31.1. The van der Waals surface area contributed by atoms with Gasteiger partial charge in [0, 0.05) is 0 Å². The van der Waals surface area contributed by atoms with E-state index in [-0.39, 0.29) is 0 Å². The van der Waals surface area contributed by atoms with Gasteiger partial charge in [-0.05, 0) is 37.3 Å². The normalized spacial score (nSPS) is 10.2. The molecule has 0 saturated carbocycles. The minimum Gasteiger partial charge on any atom is -0.478 e. The minimum atomic E-state index is -0.879. The lowest BCUT2D eigenvalue weighted by molar-refractivity contribution is 0.0697. The Morgan fingerprint density at radius 1 is 0.731 bits per heavy atom. The lowest BCUT2D eigenvalue weighted by Gasteiger charge is -2.03. The van der Waals surface area contributed by atoms with Crippen molar-refractivity contribution in [1.82, 2.24) is 0 Å². The first-order valence-corrected chi connectivity index (χ1v) is 12.1. The molecule has 0 aliphatic rings. The summed E-state index contributed by atoms with van der Waals surface area (Å²) >= 11 is 0. The van der Waals surface area contributed by atoms with Crippen molar-refractivity contribution in [3.8, 4) is 0 Å². The van der Waals surface area contributed by atoms with E-state index in [1.807, 2.05) is 0 Å². The molecule has 0 spiro atoms. The van der Waals surface area contributed by atoms with Gasteiger partial charge in [-0.2, -0.15) is 0 Å². The third-order valence-electron chi connectivity index (χ3n) is 4.43. The molecule has 0 atom stereocenters. The van der Waals surface area contributed by atoms with E-state index >= 15 is 0 Å². The largest absolute Gasteiger partial charge is 0.478 e. The van der Waals surface area contributed by atoms with Gasteiger partial charge < -0.3 is 5.11 Å². The standard InChI is InChI=1S/C16H35P.C7H6O2/c1-3-5-7-9-11-13-15-17-16-14-12-10-8-6-4-2;8-7(9)6-4-2-1-3-5-6/h17H,3-16H2,1-2H3;1-5H,(H,8,9). The van der Waals surface area contributed by atoms with Crippen molar-refractivity contribution < 1.29 is 9.90 Å². The predicted octanol–water partition coefficient (Wildman–Crippen LogP) is 7.77. The van der Waals surface area contributed by atoms with E-state index in [4.69, 9.17) is 5.11 Å². The minimum absolute atomic E-state index is 0.331. The maximum Gasteiger partial charge on any atom is 0.335 e. The summed E-state index contributed by atoms with van der Waals surface area (Å²) in [5.41, 5.74) is 0.331. The van der Waals surface area contributed by atoms with Crippen LogP contribution in [0.25, 0.3) is 0 Å². The highest BCUT2D eigenvalue weighted by molar-refractivity contribution is 7.37. The first-order chi connectivity index (χ1) is 12.7. The molecule has 0 saturated heterocycles. The third-order valence-corrected chi connectivity index (χ3v) is 5.85. The molecule has 0 heterocycles. The first kappa shape index (κ1) is 25.1. The number of benzene rings is 1. The van der Waals surface area contributed by atoms with E-state index < -0.39 is 5.97 Å². The summed E-state index contributed by atoms with van der Waals surface area (Å²) in [4.78, 5) is 10.2. The summed E-state index contributed by atoms with van der Waals surface area (Å²) < 4.78 is 0. The van der Waals surface area contributed by atoms with Crippen molar-refractivity contribution in [2.75, 3.05) is 12.3 Å². The zero-order valence-corrected chi connectivity index (χ0v) is 18.1. The SMILES string of the molecule is CCCCCCCCPCCCCCCCC.O=C(O)c1ccccc1. The van der Waals surface area contributed by atoms with E-state index in [9.17, 15) is 4.79 Å². The van der Waals surface area contributed by atoms with Gasteiger partial charge in [-0.15, -0.1) is 8.58 Å². The van der Waals surface area contributed by atoms with E-state index in [0.29, 0.717) is 5.56 Å². The molecule has 1 N–H and O–H groups in total. The predicted molar refractivity (Wildman–Crippen MR) is 118 cm³/mol. The van der Waals surface area contributed by atoms with Crippen LogP contribution in [0, 0.1) is 0 Å². The average Bonchev–Trinajstić information content (AvgIpc) is 2.67. The van der Waals surface area contributed by atoms with Crippen LogP contribution in [-0.2, 0) is 0 Å². The summed E-state index contributed by atoms with van der Waals surface area (Å²) in [5.74, 6) is -0.879. The molecule has 1 rings (SSSR count). The molecule has 0 aromatic heterocycles. The molecule has 0 fully saturated rings. The monoisotopic (exact) mass is 380 g/mol. The maximum atomic E-state index is 10.2. The van der Waals surface area contributed by atoms with Crippen molar-refractivity contribution in [2.45, 2.75) is 90.9 Å². The molecule has 0 aliphatic heterocycles. The molecule has 0 amide bonds. The number of carboxylic acid groups (broad SMARTS) is 1. The van der Waals surface area contributed by atoms with E-state index in [0.717, 1.165) is 0 Å². The van der Waals surface area contributed by atoms with E-state index in [1.165, 1.54) is 98.0 Å². The Morgan fingerprint density at radius 3 is 1.54 bits per heavy atom. The molecule has 0 bridgehead atoms. The van der Waals surface area contributed by atoms with Crippen molar-refractivity contribution in [1.29, 1.82) is 0 Å². The second-order valence-electron chi connectivity index (χ2n) is 6.96. The van der Waals surface area contributed by atoms with Gasteiger partial charge in [0.1, 0.15) is 0 Å². The number of rotatable bonds is 15. The van der Waals surface area contributed by atoms with Gasteiger partial charge in [0.25, 0.3) is 0 Å². The molecule has 26 heavy (non-hydrogen) atoms. The number of unbranched alkanes of at least 4 members (excludes halogenated alkanes) is 10. The molecule has 2 nitrogen and oxygen atoms in total. The molecule has 3 heteroatoms. The number of carbonyl (C=O) groups is 1. The second kappa shape index (κ2) is 20.4. The lowest BCUT2D eigenvalue weighted by atomic mass is 10.1.